The van der Waals surface area contributed by atoms with Gasteiger partial charge in [-0.05, 0) is 37.1 Å². The summed E-state index contributed by atoms with van der Waals surface area (Å²) in [7, 11) is 0. The highest BCUT2D eigenvalue weighted by Crippen LogP contribution is 2.31. The van der Waals surface area contributed by atoms with Gasteiger partial charge in [0.2, 0.25) is 5.95 Å². The lowest BCUT2D eigenvalue weighted by Crippen LogP contribution is -2.27. The van der Waals surface area contributed by atoms with Crippen molar-refractivity contribution in [2.24, 2.45) is 5.92 Å². The van der Waals surface area contributed by atoms with Crippen molar-refractivity contribution in [3.05, 3.63) is 11.4 Å². The van der Waals surface area contributed by atoms with Crippen molar-refractivity contribution in [3.63, 3.8) is 0 Å². The normalized spacial score (nSPS) is 22.4. The molecule has 0 spiro atoms. The third-order valence-electron chi connectivity index (χ3n) is 4.36. The summed E-state index contributed by atoms with van der Waals surface area (Å²) >= 11 is 1.68. The molecule has 2 aromatic heterocycles. The van der Waals surface area contributed by atoms with Crippen molar-refractivity contribution in [2.45, 2.75) is 52.0 Å². The first-order valence-corrected chi connectivity index (χ1v) is 8.93. The lowest BCUT2D eigenvalue weighted by molar-refractivity contribution is 0.327. The minimum absolute atomic E-state index is 0.552. The number of hydrogen-bond donors (Lipinski definition) is 2. The van der Waals surface area contributed by atoms with Gasteiger partial charge in [0.15, 0.2) is 0 Å². The molecule has 2 unspecified atom stereocenters. The molecule has 0 saturated heterocycles. The second-order valence-electron chi connectivity index (χ2n) is 5.85. The zero-order valence-electron chi connectivity index (χ0n) is 12.9. The van der Waals surface area contributed by atoms with Gasteiger partial charge in [-0.15, -0.1) is 11.3 Å². The lowest BCUT2D eigenvalue weighted by atomic mass is 9.84. The van der Waals surface area contributed by atoms with E-state index in [4.69, 9.17) is 0 Å². The minimum Gasteiger partial charge on any atom is -0.367 e. The summed E-state index contributed by atoms with van der Waals surface area (Å²) in [5.41, 5.74) is 0. The molecule has 4 nitrogen and oxygen atoms in total. The van der Waals surface area contributed by atoms with Crippen LogP contribution >= 0.6 is 11.3 Å². The third kappa shape index (κ3) is 3.28. The average Bonchev–Trinajstić information content (AvgIpc) is 2.96. The second-order valence-corrected chi connectivity index (χ2v) is 6.74. The highest BCUT2D eigenvalue weighted by molar-refractivity contribution is 7.16. The molecule has 0 aliphatic heterocycles. The maximum absolute atomic E-state index is 4.68. The molecule has 21 heavy (non-hydrogen) atoms. The predicted molar refractivity (Wildman–Crippen MR) is 91.2 cm³/mol. The predicted octanol–water partition coefficient (Wildman–Crippen LogP) is 4.50. The van der Waals surface area contributed by atoms with Crippen LogP contribution in [-0.4, -0.2) is 22.6 Å². The Balaban J connectivity index is 1.83. The summed E-state index contributed by atoms with van der Waals surface area (Å²) in [6.07, 6.45) is 6.52. The Morgan fingerprint density at radius 2 is 2.19 bits per heavy atom. The summed E-state index contributed by atoms with van der Waals surface area (Å²) < 4.78 is 0. The van der Waals surface area contributed by atoms with Crippen LogP contribution in [0, 0.1) is 5.92 Å². The van der Waals surface area contributed by atoms with Gasteiger partial charge in [0, 0.05) is 12.6 Å². The number of thiophene rings is 1. The first-order valence-electron chi connectivity index (χ1n) is 8.05. The number of fused-ring (bicyclic) bond motifs is 1. The molecule has 2 N–H and O–H groups in total. The van der Waals surface area contributed by atoms with Gasteiger partial charge >= 0.3 is 0 Å². The standard InChI is InChI=1S/C16H24N4S/c1-3-11-6-5-7-12(10-11)18-14-13-8-9-21-15(13)20-16(19-14)17-4-2/h8-9,11-12H,3-7,10H2,1-2H3,(H2,17,18,19,20). The molecule has 5 heteroatoms. The van der Waals surface area contributed by atoms with Crippen LogP contribution in [0.25, 0.3) is 10.2 Å². The van der Waals surface area contributed by atoms with Crippen LogP contribution in [0.15, 0.2) is 11.4 Å². The maximum atomic E-state index is 4.68. The van der Waals surface area contributed by atoms with E-state index in [1.165, 1.54) is 32.1 Å². The van der Waals surface area contributed by atoms with Crippen LogP contribution in [0.5, 0.6) is 0 Å². The third-order valence-corrected chi connectivity index (χ3v) is 5.17. The van der Waals surface area contributed by atoms with Gasteiger partial charge in [0.25, 0.3) is 0 Å². The SMILES string of the molecule is CCNc1nc(NC2CCCC(CC)C2)c2ccsc2n1. The van der Waals surface area contributed by atoms with Crippen molar-refractivity contribution in [1.29, 1.82) is 0 Å². The number of rotatable bonds is 5. The Morgan fingerprint density at radius 1 is 1.29 bits per heavy atom. The monoisotopic (exact) mass is 304 g/mol. The van der Waals surface area contributed by atoms with E-state index >= 15 is 0 Å². The molecular formula is C16H24N4S. The van der Waals surface area contributed by atoms with Gasteiger partial charge < -0.3 is 10.6 Å². The number of hydrogen-bond acceptors (Lipinski definition) is 5. The molecule has 3 rings (SSSR count). The van der Waals surface area contributed by atoms with Gasteiger partial charge in [0.05, 0.1) is 5.39 Å². The molecule has 2 atom stereocenters. The Hall–Kier alpha value is -1.36. The van der Waals surface area contributed by atoms with Crippen molar-refractivity contribution in [3.8, 4) is 0 Å². The molecule has 1 aliphatic rings. The molecule has 0 radical (unpaired) electrons. The summed E-state index contributed by atoms with van der Waals surface area (Å²) in [5, 5.41) is 10.2. The van der Waals surface area contributed by atoms with Crippen molar-refractivity contribution >= 4 is 33.3 Å². The zero-order valence-corrected chi connectivity index (χ0v) is 13.7. The van der Waals surface area contributed by atoms with Crippen LogP contribution in [0.2, 0.25) is 0 Å². The van der Waals surface area contributed by atoms with Gasteiger partial charge in [-0.2, -0.15) is 4.98 Å². The minimum atomic E-state index is 0.552. The van der Waals surface area contributed by atoms with Crippen LogP contribution in [0.4, 0.5) is 11.8 Å². The van der Waals surface area contributed by atoms with Crippen LogP contribution < -0.4 is 10.6 Å². The van der Waals surface area contributed by atoms with Gasteiger partial charge in [-0.1, -0.05) is 26.2 Å². The molecule has 1 saturated carbocycles. The summed E-state index contributed by atoms with van der Waals surface area (Å²) in [5.74, 6) is 2.60. The lowest BCUT2D eigenvalue weighted by Gasteiger charge is -2.29. The van der Waals surface area contributed by atoms with E-state index in [0.29, 0.717) is 6.04 Å². The van der Waals surface area contributed by atoms with E-state index in [1.54, 1.807) is 11.3 Å². The fourth-order valence-electron chi connectivity index (χ4n) is 3.19. The van der Waals surface area contributed by atoms with Crippen LogP contribution in [0.1, 0.15) is 46.0 Å². The molecule has 0 amide bonds. The van der Waals surface area contributed by atoms with E-state index in [0.717, 1.165) is 34.4 Å². The van der Waals surface area contributed by atoms with Crippen molar-refractivity contribution < 1.29 is 0 Å². The molecule has 0 aromatic carbocycles. The Kier molecular flexibility index (Phi) is 4.58. The quantitative estimate of drug-likeness (QED) is 0.853. The van der Waals surface area contributed by atoms with Gasteiger partial charge in [0.1, 0.15) is 10.6 Å². The number of nitrogens with one attached hydrogen (secondary N) is 2. The fourth-order valence-corrected chi connectivity index (χ4v) is 3.95. The molecular weight excluding hydrogens is 280 g/mol. The van der Waals surface area contributed by atoms with Crippen molar-refractivity contribution in [2.75, 3.05) is 17.2 Å². The summed E-state index contributed by atoms with van der Waals surface area (Å²) in [6, 6.07) is 2.68. The molecule has 1 aliphatic carbocycles. The summed E-state index contributed by atoms with van der Waals surface area (Å²) in [4.78, 5) is 10.3. The molecule has 1 fully saturated rings. The van der Waals surface area contributed by atoms with E-state index in [2.05, 4.69) is 45.9 Å². The number of nitrogens with zero attached hydrogens (tertiary/aromatic N) is 2. The van der Waals surface area contributed by atoms with E-state index in [9.17, 15) is 0 Å². The van der Waals surface area contributed by atoms with E-state index in [-0.39, 0.29) is 0 Å². The van der Waals surface area contributed by atoms with E-state index in [1.807, 2.05) is 0 Å². The summed E-state index contributed by atoms with van der Waals surface area (Å²) in [6.45, 7) is 5.22. The highest BCUT2D eigenvalue weighted by atomic mass is 32.1. The topological polar surface area (TPSA) is 49.8 Å². The number of aromatic nitrogens is 2. The largest absolute Gasteiger partial charge is 0.367 e. The zero-order chi connectivity index (χ0) is 14.7. The molecule has 2 aromatic rings. The molecule has 0 bridgehead atoms. The van der Waals surface area contributed by atoms with Crippen molar-refractivity contribution in [1.82, 2.24) is 9.97 Å². The van der Waals surface area contributed by atoms with Crippen LogP contribution in [-0.2, 0) is 0 Å². The van der Waals surface area contributed by atoms with Gasteiger partial charge in [-0.3, -0.25) is 0 Å². The Labute approximate surface area is 130 Å². The average molecular weight is 304 g/mol. The smallest absolute Gasteiger partial charge is 0.226 e. The maximum Gasteiger partial charge on any atom is 0.226 e. The van der Waals surface area contributed by atoms with Crippen LogP contribution in [0.3, 0.4) is 0 Å². The fraction of sp³-hybridized carbons (Fsp3) is 0.625. The highest BCUT2D eigenvalue weighted by Gasteiger charge is 2.22. The Morgan fingerprint density at radius 3 is 3.00 bits per heavy atom. The van der Waals surface area contributed by atoms with Gasteiger partial charge in [-0.25, -0.2) is 4.98 Å². The number of anilines is 2. The first kappa shape index (κ1) is 14.6. The molecule has 114 valence electrons. The molecule has 2 heterocycles. The van der Waals surface area contributed by atoms with E-state index < -0.39 is 0 Å². The Bertz CT molecular complexity index is 595. The second kappa shape index (κ2) is 6.60. The first-order chi connectivity index (χ1) is 10.3.